The van der Waals surface area contributed by atoms with Crippen LogP contribution in [0.4, 0.5) is 26.3 Å². The molecule has 1 atom stereocenters. The first-order chi connectivity index (χ1) is 10.5. The minimum atomic E-state index is -5.47. The van der Waals surface area contributed by atoms with Gasteiger partial charge in [0.15, 0.2) is 5.41 Å². The van der Waals surface area contributed by atoms with E-state index in [2.05, 4.69) is 0 Å². The third-order valence-electron chi connectivity index (χ3n) is 4.73. The van der Waals surface area contributed by atoms with Crippen LogP contribution >= 0.6 is 12.4 Å². The lowest BCUT2D eigenvalue weighted by Gasteiger charge is -2.34. The van der Waals surface area contributed by atoms with Crippen LogP contribution < -0.4 is 5.73 Å². The minimum Gasteiger partial charge on any atom is -0.381 e. The standard InChI is InChI=1S/C13H18F6N2O2.ClH/c14-12(15,16)11(13(17,18)19)3-4-21(7-11)10(22)9(20)8-1-5-23-6-2-8;/h8-9H,1-7,20H2;1H. The molecule has 2 saturated heterocycles. The smallest absolute Gasteiger partial charge is 0.381 e. The summed E-state index contributed by atoms with van der Waals surface area (Å²) in [5.74, 6) is -1.14. The Labute approximate surface area is 141 Å². The van der Waals surface area contributed by atoms with Gasteiger partial charge in [0.2, 0.25) is 5.91 Å². The van der Waals surface area contributed by atoms with Gasteiger partial charge in [0, 0.05) is 26.3 Å². The average Bonchev–Trinajstić information content (AvgIpc) is 2.92. The predicted octanol–water partition coefficient (Wildman–Crippen LogP) is 2.51. The molecular weight excluding hydrogens is 366 g/mol. The molecular formula is C13H19ClF6N2O2. The molecule has 24 heavy (non-hydrogen) atoms. The van der Waals surface area contributed by atoms with Crippen molar-refractivity contribution in [2.45, 2.75) is 37.7 Å². The summed E-state index contributed by atoms with van der Waals surface area (Å²) in [5.41, 5.74) is 1.90. The maximum Gasteiger partial charge on any atom is 0.404 e. The number of nitrogens with two attached hydrogens (primary N) is 1. The number of carbonyl (C=O) groups is 1. The molecule has 4 nitrogen and oxygen atoms in total. The zero-order valence-electron chi connectivity index (χ0n) is 12.6. The molecule has 1 unspecified atom stereocenters. The third-order valence-corrected chi connectivity index (χ3v) is 4.73. The van der Waals surface area contributed by atoms with Crippen LogP contribution in [0, 0.1) is 11.3 Å². The lowest BCUT2D eigenvalue weighted by atomic mass is 9.85. The van der Waals surface area contributed by atoms with Gasteiger partial charge in [0.1, 0.15) is 0 Å². The van der Waals surface area contributed by atoms with E-state index in [1.807, 2.05) is 0 Å². The van der Waals surface area contributed by atoms with Crippen LogP contribution in [0.5, 0.6) is 0 Å². The van der Waals surface area contributed by atoms with E-state index in [-0.39, 0.29) is 18.3 Å². The fraction of sp³-hybridized carbons (Fsp3) is 0.923. The molecule has 0 bridgehead atoms. The quantitative estimate of drug-likeness (QED) is 0.744. The summed E-state index contributed by atoms with van der Waals surface area (Å²) in [6.45, 7) is -1.27. The molecule has 2 aliphatic heterocycles. The molecule has 0 saturated carbocycles. The lowest BCUT2D eigenvalue weighted by Crippen LogP contribution is -2.54. The molecule has 1 amide bonds. The first kappa shape index (κ1) is 21.3. The number of likely N-dealkylation sites (tertiary alicyclic amines) is 1. The Morgan fingerprint density at radius 2 is 1.62 bits per heavy atom. The molecule has 0 aromatic rings. The molecule has 2 N–H and O–H groups in total. The maximum atomic E-state index is 13.0. The van der Waals surface area contributed by atoms with Gasteiger partial charge in [-0.15, -0.1) is 12.4 Å². The van der Waals surface area contributed by atoms with Crippen molar-refractivity contribution >= 4 is 18.3 Å². The first-order valence-corrected chi connectivity index (χ1v) is 7.25. The van der Waals surface area contributed by atoms with Gasteiger partial charge in [0.05, 0.1) is 6.04 Å². The van der Waals surface area contributed by atoms with Gasteiger partial charge in [0.25, 0.3) is 0 Å². The Balaban J connectivity index is 0.00000288. The topological polar surface area (TPSA) is 55.6 Å². The number of hydrogen-bond acceptors (Lipinski definition) is 3. The normalized spacial score (nSPS) is 23.7. The second kappa shape index (κ2) is 7.25. The van der Waals surface area contributed by atoms with Crippen LogP contribution in [0.25, 0.3) is 0 Å². The molecule has 2 rings (SSSR count). The Bertz CT molecular complexity index is 437. The van der Waals surface area contributed by atoms with Crippen molar-refractivity contribution in [2.75, 3.05) is 26.3 Å². The van der Waals surface area contributed by atoms with Crippen LogP contribution in [0.2, 0.25) is 0 Å². The van der Waals surface area contributed by atoms with Crippen molar-refractivity contribution in [3.8, 4) is 0 Å². The van der Waals surface area contributed by atoms with Crippen LogP contribution in [0.15, 0.2) is 0 Å². The van der Waals surface area contributed by atoms with Crippen LogP contribution in [-0.4, -0.2) is 55.5 Å². The molecule has 0 aliphatic carbocycles. The van der Waals surface area contributed by atoms with Crippen molar-refractivity contribution in [1.29, 1.82) is 0 Å². The number of alkyl halides is 6. The molecule has 2 heterocycles. The second-order valence-electron chi connectivity index (χ2n) is 6.06. The fourth-order valence-corrected chi connectivity index (χ4v) is 3.11. The van der Waals surface area contributed by atoms with E-state index in [1.165, 1.54) is 0 Å². The van der Waals surface area contributed by atoms with E-state index in [0.29, 0.717) is 31.0 Å². The number of carbonyl (C=O) groups excluding carboxylic acids is 1. The number of amides is 1. The molecule has 0 aromatic heterocycles. The Morgan fingerprint density at radius 3 is 2.04 bits per heavy atom. The Kier molecular flexibility index (Phi) is 6.43. The summed E-state index contributed by atoms with van der Waals surface area (Å²) in [5, 5.41) is 0. The first-order valence-electron chi connectivity index (χ1n) is 7.25. The number of halogens is 7. The van der Waals surface area contributed by atoms with Crippen LogP contribution in [-0.2, 0) is 9.53 Å². The molecule has 0 aromatic carbocycles. The summed E-state index contributed by atoms with van der Waals surface area (Å²) in [6.07, 6.45) is -11.2. The van der Waals surface area contributed by atoms with Crippen molar-refractivity contribution in [2.24, 2.45) is 17.1 Å². The highest BCUT2D eigenvalue weighted by Crippen LogP contribution is 2.55. The van der Waals surface area contributed by atoms with Crippen LogP contribution in [0.3, 0.4) is 0 Å². The van der Waals surface area contributed by atoms with E-state index in [4.69, 9.17) is 10.5 Å². The van der Waals surface area contributed by atoms with Crippen molar-refractivity contribution in [3.05, 3.63) is 0 Å². The second-order valence-corrected chi connectivity index (χ2v) is 6.06. The molecule has 0 radical (unpaired) electrons. The monoisotopic (exact) mass is 384 g/mol. The van der Waals surface area contributed by atoms with Crippen molar-refractivity contribution in [1.82, 2.24) is 4.90 Å². The maximum absolute atomic E-state index is 13.0. The van der Waals surface area contributed by atoms with Gasteiger partial charge in [-0.1, -0.05) is 0 Å². The molecule has 2 aliphatic rings. The summed E-state index contributed by atoms with van der Waals surface area (Å²) in [6, 6.07) is -1.10. The zero-order chi connectivity index (χ0) is 17.5. The van der Waals surface area contributed by atoms with E-state index in [9.17, 15) is 31.1 Å². The number of hydrogen-bond donors (Lipinski definition) is 1. The summed E-state index contributed by atoms with van der Waals surface area (Å²) in [4.78, 5) is 12.8. The highest BCUT2D eigenvalue weighted by atomic mass is 35.5. The van der Waals surface area contributed by atoms with Crippen LogP contribution in [0.1, 0.15) is 19.3 Å². The van der Waals surface area contributed by atoms with Crippen molar-refractivity contribution < 1.29 is 35.9 Å². The zero-order valence-corrected chi connectivity index (χ0v) is 13.4. The fourth-order valence-electron chi connectivity index (χ4n) is 3.11. The summed E-state index contributed by atoms with van der Waals surface area (Å²) in [7, 11) is 0. The third kappa shape index (κ3) is 3.75. The highest BCUT2D eigenvalue weighted by Gasteiger charge is 2.73. The lowest BCUT2D eigenvalue weighted by molar-refractivity contribution is -0.334. The van der Waals surface area contributed by atoms with E-state index >= 15 is 0 Å². The van der Waals surface area contributed by atoms with Gasteiger partial charge >= 0.3 is 12.4 Å². The predicted molar refractivity (Wildman–Crippen MR) is 74.5 cm³/mol. The summed E-state index contributed by atoms with van der Waals surface area (Å²) >= 11 is 0. The Hall–Kier alpha value is -0.740. The van der Waals surface area contributed by atoms with E-state index in [0.717, 1.165) is 0 Å². The van der Waals surface area contributed by atoms with E-state index < -0.39 is 49.2 Å². The van der Waals surface area contributed by atoms with E-state index in [1.54, 1.807) is 0 Å². The van der Waals surface area contributed by atoms with Crippen molar-refractivity contribution in [3.63, 3.8) is 0 Å². The molecule has 11 heteroatoms. The summed E-state index contributed by atoms with van der Waals surface area (Å²) < 4.78 is 83.1. The van der Waals surface area contributed by atoms with Gasteiger partial charge in [-0.05, 0) is 25.2 Å². The number of rotatable bonds is 2. The highest BCUT2D eigenvalue weighted by molar-refractivity contribution is 5.85. The van der Waals surface area contributed by atoms with Gasteiger partial charge in [-0.2, -0.15) is 26.3 Å². The average molecular weight is 385 g/mol. The largest absolute Gasteiger partial charge is 0.404 e. The number of nitrogens with zero attached hydrogens (tertiary/aromatic N) is 1. The molecule has 0 spiro atoms. The van der Waals surface area contributed by atoms with Gasteiger partial charge in [-0.25, -0.2) is 0 Å². The van der Waals surface area contributed by atoms with Gasteiger partial charge in [-0.3, -0.25) is 4.79 Å². The minimum absolute atomic E-state index is 0. The number of ether oxygens (including phenoxy) is 1. The molecule has 142 valence electrons. The molecule has 2 fully saturated rings. The SMILES string of the molecule is Cl.NC(C(=O)N1CCC(C(F)(F)F)(C(F)(F)F)C1)C1CCOCC1. The Morgan fingerprint density at radius 1 is 1.12 bits per heavy atom. The van der Waals surface area contributed by atoms with Gasteiger partial charge < -0.3 is 15.4 Å².